The van der Waals surface area contributed by atoms with Crippen LogP contribution in [0, 0.1) is 0 Å². The van der Waals surface area contributed by atoms with E-state index in [4.69, 9.17) is 9.57 Å². The quantitative estimate of drug-likeness (QED) is 0.707. The highest BCUT2D eigenvalue weighted by molar-refractivity contribution is 5.88. The number of aromatic nitrogens is 1. The van der Waals surface area contributed by atoms with Crippen LogP contribution in [0.15, 0.2) is 24.5 Å². The maximum Gasteiger partial charge on any atom is 0.358 e. The van der Waals surface area contributed by atoms with Crippen LogP contribution in [0.1, 0.15) is 10.4 Å². The summed E-state index contributed by atoms with van der Waals surface area (Å²) in [6, 6.07) is 3.38. The molecule has 1 saturated heterocycles. The first kappa shape index (κ1) is 10.1. The van der Waals surface area contributed by atoms with Gasteiger partial charge in [-0.1, -0.05) is 0 Å². The van der Waals surface area contributed by atoms with Gasteiger partial charge in [0.25, 0.3) is 0 Å². The summed E-state index contributed by atoms with van der Waals surface area (Å²) in [5.41, 5.74) is 0.462. The zero-order valence-electron chi connectivity index (χ0n) is 8.26. The highest BCUT2D eigenvalue weighted by atomic mass is 16.7. The Balaban J connectivity index is 1.91. The molecule has 1 aromatic rings. The third-order valence-corrected chi connectivity index (χ3v) is 2.08. The minimum Gasteiger partial charge on any atom is -0.379 e. The Bertz CT molecular complexity index is 323. The largest absolute Gasteiger partial charge is 0.379 e. The molecule has 5 nitrogen and oxygen atoms in total. The van der Waals surface area contributed by atoms with Crippen LogP contribution in [0.25, 0.3) is 0 Å². The highest BCUT2D eigenvalue weighted by Gasteiger charge is 2.16. The molecule has 0 aliphatic carbocycles. The van der Waals surface area contributed by atoms with E-state index in [2.05, 4.69) is 4.98 Å². The standard InChI is InChI=1S/C10H12N2O3/c13-10(9-2-1-3-11-8-9)15-12-4-6-14-7-5-12/h1-3,8H,4-7H2. The molecule has 1 fully saturated rings. The Morgan fingerprint density at radius 3 is 2.93 bits per heavy atom. The molecule has 1 aromatic heterocycles. The van der Waals surface area contributed by atoms with Crippen LogP contribution in [0.5, 0.6) is 0 Å². The molecule has 2 rings (SSSR count). The fourth-order valence-electron chi connectivity index (χ4n) is 1.29. The molecule has 0 unspecified atom stereocenters. The van der Waals surface area contributed by atoms with Gasteiger partial charge in [-0.3, -0.25) is 4.98 Å². The Labute approximate surface area is 87.6 Å². The van der Waals surface area contributed by atoms with Crippen molar-refractivity contribution in [2.75, 3.05) is 26.3 Å². The lowest BCUT2D eigenvalue weighted by atomic mass is 10.3. The lowest BCUT2D eigenvalue weighted by molar-refractivity contribution is -0.150. The molecule has 0 spiro atoms. The number of ether oxygens (including phenoxy) is 1. The molecule has 0 atom stereocenters. The maximum atomic E-state index is 11.6. The predicted octanol–water partition coefficient (Wildman–Crippen LogP) is 0.486. The molecule has 0 saturated carbocycles. The lowest BCUT2D eigenvalue weighted by Crippen LogP contribution is -2.37. The Morgan fingerprint density at radius 1 is 1.47 bits per heavy atom. The monoisotopic (exact) mass is 208 g/mol. The minimum atomic E-state index is -0.370. The van der Waals surface area contributed by atoms with Gasteiger partial charge in [0.15, 0.2) is 0 Å². The number of nitrogens with zero attached hydrogens (tertiary/aromatic N) is 2. The van der Waals surface area contributed by atoms with Crippen molar-refractivity contribution < 1.29 is 14.4 Å². The molecule has 15 heavy (non-hydrogen) atoms. The van der Waals surface area contributed by atoms with Gasteiger partial charge >= 0.3 is 5.97 Å². The fraction of sp³-hybridized carbons (Fsp3) is 0.400. The normalized spacial score (nSPS) is 17.3. The van der Waals surface area contributed by atoms with Gasteiger partial charge in [0.1, 0.15) is 0 Å². The van der Waals surface area contributed by atoms with Crippen LogP contribution < -0.4 is 0 Å². The zero-order chi connectivity index (χ0) is 10.5. The van der Waals surface area contributed by atoms with Gasteiger partial charge in [0, 0.05) is 12.4 Å². The number of carbonyl (C=O) groups is 1. The van der Waals surface area contributed by atoms with Crippen molar-refractivity contribution in [2.45, 2.75) is 0 Å². The summed E-state index contributed by atoms with van der Waals surface area (Å²) in [6.07, 6.45) is 3.11. The summed E-state index contributed by atoms with van der Waals surface area (Å²) in [5.74, 6) is -0.370. The van der Waals surface area contributed by atoms with E-state index in [0.717, 1.165) is 0 Å². The number of pyridine rings is 1. The molecule has 2 heterocycles. The van der Waals surface area contributed by atoms with Crippen molar-refractivity contribution in [3.05, 3.63) is 30.1 Å². The molecular formula is C10H12N2O3. The summed E-state index contributed by atoms with van der Waals surface area (Å²) in [5, 5.41) is 1.61. The van der Waals surface area contributed by atoms with Crippen LogP contribution in [0.2, 0.25) is 0 Å². The molecule has 1 aliphatic heterocycles. The average molecular weight is 208 g/mol. The van der Waals surface area contributed by atoms with Crippen molar-refractivity contribution in [2.24, 2.45) is 0 Å². The number of rotatable bonds is 2. The van der Waals surface area contributed by atoms with Gasteiger partial charge < -0.3 is 9.57 Å². The summed E-state index contributed by atoms with van der Waals surface area (Å²) in [4.78, 5) is 20.6. The smallest absolute Gasteiger partial charge is 0.358 e. The maximum absolute atomic E-state index is 11.6. The highest BCUT2D eigenvalue weighted by Crippen LogP contribution is 2.03. The summed E-state index contributed by atoms with van der Waals surface area (Å²) in [6.45, 7) is 2.43. The molecule has 5 heteroatoms. The molecule has 0 aromatic carbocycles. The third kappa shape index (κ3) is 2.74. The van der Waals surface area contributed by atoms with Crippen molar-refractivity contribution in [1.29, 1.82) is 0 Å². The molecule has 0 radical (unpaired) electrons. The van der Waals surface area contributed by atoms with E-state index in [1.54, 1.807) is 23.4 Å². The van der Waals surface area contributed by atoms with Crippen LogP contribution >= 0.6 is 0 Å². The summed E-state index contributed by atoms with van der Waals surface area (Å²) < 4.78 is 5.14. The van der Waals surface area contributed by atoms with E-state index in [1.807, 2.05) is 0 Å². The van der Waals surface area contributed by atoms with Crippen LogP contribution in [-0.2, 0) is 9.57 Å². The topological polar surface area (TPSA) is 51.7 Å². The first-order chi connectivity index (χ1) is 7.36. The van der Waals surface area contributed by atoms with E-state index in [-0.39, 0.29) is 5.97 Å². The Morgan fingerprint density at radius 2 is 2.27 bits per heavy atom. The van der Waals surface area contributed by atoms with Gasteiger partial charge in [0.05, 0.1) is 31.9 Å². The van der Waals surface area contributed by atoms with Crippen molar-refractivity contribution in [1.82, 2.24) is 10.0 Å². The number of hydrogen-bond acceptors (Lipinski definition) is 5. The van der Waals surface area contributed by atoms with E-state index in [9.17, 15) is 4.79 Å². The summed E-state index contributed by atoms with van der Waals surface area (Å²) >= 11 is 0. The van der Waals surface area contributed by atoms with Gasteiger partial charge in [-0.2, -0.15) is 0 Å². The second kappa shape index (κ2) is 4.86. The molecule has 1 aliphatic rings. The van der Waals surface area contributed by atoms with Crippen molar-refractivity contribution in [3.63, 3.8) is 0 Å². The minimum absolute atomic E-state index is 0.370. The van der Waals surface area contributed by atoms with E-state index < -0.39 is 0 Å². The number of hydrogen-bond donors (Lipinski definition) is 0. The van der Waals surface area contributed by atoms with E-state index in [1.165, 1.54) is 6.20 Å². The Hall–Kier alpha value is -1.46. The molecule has 80 valence electrons. The van der Waals surface area contributed by atoms with Gasteiger partial charge in [-0.05, 0) is 12.1 Å². The van der Waals surface area contributed by atoms with Crippen molar-refractivity contribution in [3.8, 4) is 0 Å². The number of carbonyl (C=O) groups excluding carboxylic acids is 1. The number of hydroxylamine groups is 2. The third-order valence-electron chi connectivity index (χ3n) is 2.08. The second-order valence-electron chi connectivity index (χ2n) is 3.16. The van der Waals surface area contributed by atoms with Gasteiger partial charge in [0.2, 0.25) is 0 Å². The van der Waals surface area contributed by atoms with E-state index in [0.29, 0.717) is 31.9 Å². The SMILES string of the molecule is O=C(ON1CCOCC1)c1cccnc1. The van der Waals surface area contributed by atoms with Crippen LogP contribution in [0.4, 0.5) is 0 Å². The predicted molar refractivity (Wildman–Crippen MR) is 52.0 cm³/mol. The first-order valence-corrected chi connectivity index (χ1v) is 4.81. The second-order valence-corrected chi connectivity index (χ2v) is 3.16. The Kier molecular flexibility index (Phi) is 3.26. The van der Waals surface area contributed by atoms with Gasteiger partial charge in [-0.15, -0.1) is 5.06 Å². The van der Waals surface area contributed by atoms with E-state index >= 15 is 0 Å². The van der Waals surface area contributed by atoms with Crippen molar-refractivity contribution >= 4 is 5.97 Å². The molecule has 0 N–H and O–H groups in total. The number of morpholine rings is 1. The molecule has 0 amide bonds. The average Bonchev–Trinajstić information content (AvgIpc) is 2.31. The fourth-order valence-corrected chi connectivity index (χ4v) is 1.29. The summed E-state index contributed by atoms with van der Waals surface area (Å²) in [7, 11) is 0. The zero-order valence-corrected chi connectivity index (χ0v) is 8.26. The lowest BCUT2D eigenvalue weighted by Gasteiger charge is -2.24. The van der Waals surface area contributed by atoms with Crippen LogP contribution in [0.3, 0.4) is 0 Å². The molecule has 0 bridgehead atoms. The first-order valence-electron chi connectivity index (χ1n) is 4.81. The van der Waals surface area contributed by atoms with Crippen LogP contribution in [-0.4, -0.2) is 42.3 Å². The molecular weight excluding hydrogens is 196 g/mol. The van der Waals surface area contributed by atoms with Gasteiger partial charge in [-0.25, -0.2) is 4.79 Å².